The van der Waals surface area contributed by atoms with Gasteiger partial charge in [-0.15, -0.1) is 0 Å². The standard InChI is InChI=1S/C13H20N2O3S/c1-18-10-11-6-8-15(9-7-11)19(16,17)13-5-3-2-4-12(13)14/h2-5,11H,6-10,14H2,1H3. The van der Waals surface area contributed by atoms with Gasteiger partial charge in [-0.25, -0.2) is 8.42 Å². The monoisotopic (exact) mass is 284 g/mol. The summed E-state index contributed by atoms with van der Waals surface area (Å²) in [5.74, 6) is 0.449. The van der Waals surface area contributed by atoms with E-state index in [1.807, 2.05) is 0 Å². The fourth-order valence-corrected chi connectivity index (χ4v) is 3.99. The molecule has 1 aromatic rings. The molecular formula is C13H20N2O3S. The molecule has 2 N–H and O–H groups in total. The SMILES string of the molecule is COCC1CCN(S(=O)(=O)c2ccccc2N)CC1. The van der Waals surface area contributed by atoms with Crippen LogP contribution in [0.25, 0.3) is 0 Å². The average molecular weight is 284 g/mol. The molecule has 1 aromatic carbocycles. The van der Waals surface area contributed by atoms with Crippen molar-refractivity contribution in [3.63, 3.8) is 0 Å². The van der Waals surface area contributed by atoms with Crippen LogP contribution in [0.1, 0.15) is 12.8 Å². The summed E-state index contributed by atoms with van der Waals surface area (Å²) >= 11 is 0. The quantitative estimate of drug-likeness (QED) is 0.846. The summed E-state index contributed by atoms with van der Waals surface area (Å²) < 4.78 is 31.6. The highest BCUT2D eigenvalue weighted by Crippen LogP contribution is 2.26. The van der Waals surface area contributed by atoms with Crippen molar-refractivity contribution in [3.8, 4) is 0 Å². The van der Waals surface area contributed by atoms with E-state index in [0.717, 1.165) is 12.8 Å². The first-order valence-corrected chi connectivity index (χ1v) is 7.83. The normalized spacial score (nSPS) is 18.6. The van der Waals surface area contributed by atoms with Gasteiger partial charge in [0.1, 0.15) is 4.90 Å². The molecule has 2 rings (SSSR count). The van der Waals surface area contributed by atoms with Crippen LogP contribution in [-0.2, 0) is 14.8 Å². The van der Waals surface area contributed by atoms with E-state index in [9.17, 15) is 8.42 Å². The van der Waals surface area contributed by atoms with Gasteiger partial charge in [0, 0.05) is 26.8 Å². The van der Waals surface area contributed by atoms with Gasteiger partial charge in [0.2, 0.25) is 10.0 Å². The van der Waals surface area contributed by atoms with E-state index in [2.05, 4.69) is 0 Å². The topological polar surface area (TPSA) is 72.6 Å². The van der Waals surface area contributed by atoms with Crippen molar-refractivity contribution < 1.29 is 13.2 Å². The molecule has 0 atom stereocenters. The predicted octanol–water partition coefficient (Wildman–Crippen LogP) is 1.32. The summed E-state index contributed by atoms with van der Waals surface area (Å²) in [5, 5.41) is 0. The Hall–Kier alpha value is -1.11. The summed E-state index contributed by atoms with van der Waals surface area (Å²) in [4.78, 5) is 0.209. The van der Waals surface area contributed by atoms with Gasteiger partial charge in [0.05, 0.1) is 5.69 Å². The minimum atomic E-state index is -3.46. The lowest BCUT2D eigenvalue weighted by molar-refractivity contribution is 0.121. The molecule has 0 bridgehead atoms. The summed E-state index contributed by atoms with van der Waals surface area (Å²) in [6.45, 7) is 1.76. The van der Waals surface area contributed by atoms with Crippen LogP contribution in [0, 0.1) is 5.92 Å². The molecular weight excluding hydrogens is 264 g/mol. The van der Waals surface area contributed by atoms with Crippen LogP contribution in [0.5, 0.6) is 0 Å². The number of methoxy groups -OCH3 is 1. The van der Waals surface area contributed by atoms with E-state index in [1.54, 1.807) is 31.4 Å². The second-order valence-corrected chi connectivity index (χ2v) is 6.75. The molecule has 5 nitrogen and oxygen atoms in total. The van der Waals surface area contributed by atoms with Crippen molar-refractivity contribution in [2.75, 3.05) is 32.5 Å². The Bertz CT molecular complexity index is 522. The molecule has 0 aromatic heterocycles. The molecule has 0 aliphatic carbocycles. The largest absolute Gasteiger partial charge is 0.398 e. The zero-order chi connectivity index (χ0) is 13.9. The number of piperidine rings is 1. The molecule has 19 heavy (non-hydrogen) atoms. The fraction of sp³-hybridized carbons (Fsp3) is 0.538. The second kappa shape index (κ2) is 5.90. The first-order valence-electron chi connectivity index (χ1n) is 6.39. The van der Waals surface area contributed by atoms with Crippen LogP contribution in [0.2, 0.25) is 0 Å². The molecule has 1 saturated heterocycles. The van der Waals surface area contributed by atoms with Crippen LogP contribution in [0.4, 0.5) is 5.69 Å². The van der Waals surface area contributed by atoms with Crippen LogP contribution in [0.3, 0.4) is 0 Å². The van der Waals surface area contributed by atoms with E-state index in [4.69, 9.17) is 10.5 Å². The number of rotatable bonds is 4. The van der Waals surface area contributed by atoms with E-state index < -0.39 is 10.0 Å². The zero-order valence-electron chi connectivity index (χ0n) is 11.1. The minimum Gasteiger partial charge on any atom is -0.398 e. The average Bonchev–Trinajstić information content (AvgIpc) is 2.40. The number of hydrogen-bond acceptors (Lipinski definition) is 4. The van der Waals surface area contributed by atoms with Crippen molar-refractivity contribution in [1.82, 2.24) is 4.31 Å². The Kier molecular flexibility index (Phi) is 4.44. The van der Waals surface area contributed by atoms with Gasteiger partial charge in [-0.2, -0.15) is 4.31 Å². The van der Waals surface area contributed by atoms with E-state index in [-0.39, 0.29) is 4.90 Å². The lowest BCUT2D eigenvalue weighted by Crippen LogP contribution is -2.39. The lowest BCUT2D eigenvalue weighted by atomic mass is 9.99. The Morgan fingerprint density at radius 2 is 1.95 bits per heavy atom. The highest BCUT2D eigenvalue weighted by molar-refractivity contribution is 7.89. The number of nitrogens with zero attached hydrogens (tertiary/aromatic N) is 1. The molecule has 0 spiro atoms. The van der Waals surface area contributed by atoms with Crippen molar-refractivity contribution >= 4 is 15.7 Å². The predicted molar refractivity (Wildman–Crippen MR) is 74.2 cm³/mol. The summed E-state index contributed by atoms with van der Waals surface area (Å²) in [6, 6.07) is 6.61. The van der Waals surface area contributed by atoms with Crippen molar-refractivity contribution in [3.05, 3.63) is 24.3 Å². The fourth-order valence-electron chi connectivity index (χ4n) is 2.41. The molecule has 1 heterocycles. The van der Waals surface area contributed by atoms with Gasteiger partial charge >= 0.3 is 0 Å². The third kappa shape index (κ3) is 3.08. The first kappa shape index (κ1) is 14.3. The molecule has 0 saturated carbocycles. The Morgan fingerprint density at radius 3 is 2.53 bits per heavy atom. The van der Waals surface area contributed by atoms with Crippen molar-refractivity contribution in [2.24, 2.45) is 5.92 Å². The van der Waals surface area contributed by atoms with E-state index in [0.29, 0.717) is 31.3 Å². The van der Waals surface area contributed by atoms with Crippen molar-refractivity contribution in [2.45, 2.75) is 17.7 Å². The van der Waals surface area contributed by atoms with Crippen LogP contribution >= 0.6 is 0 Å². The molecule has 106 valence electrons. The highest BCUT2D eigenvalue weighted by Gasteiger charge is 2.30. The number of ether oxygens (including phenoxy) is 1. The van der Waals surface area contributed by atoms with Crippen LogP contribution in [-0.4, -0.2) is 39.5 Å². The minimum absolute atomic E-state index is 0.209. The maximum Gasteiger partial charge on any atom is 0.245 e. The first-order chi connectivity index (χ1) is 9.05. The van der Waals surface area contributed by atoms with E-state index in [1.165, 1.54) is 4.31 Å². The maximum atomic E-state index is 12.5. The molecule has 0 amide bonds. The van der Waals surface area contributed by atoms with Gasteiger partial charge in [-0.1, -0.05) is 12.1 Å². The number of benzene rings is 1. The number of anilines is 1. The lowest BCUT2D eigenvalue weighted by Gasteiger charge is -2.31. The highest BCUT2D eigenvalue weighted by atomic mass is 32.2. The molecule has 6 heteroatoms. The van der Waals surface area contributed by atoms with Gasteiger partial charge in [-0.05, 0) is 30.9 Å². The Balaban J connectivity index is 2.12. The van der Waals surface area contributed by atoms with Crippen molar-refractivity contribution in [1.29, 1.82) is 0 Å². The van der Waals surface area contributed by atoms with Gasteiger partial charge in [0.25, 0.3) is 0 Å². The molecule has 0 unspecified atom stereocenters. The summed E-state index contributed by atoms with van der Waals surface area (Å²) in [7, 11) is -1.79. The number of nitrogen functional groups attached to an aromatic ring is 1. The van der Waals surface area contributed by atoms with Gasteiger partial charge < -0.3 is 10.5 Å². The summed E-state index contributed by atoms with van der Waals surface area (Å²) in [6.07, 6.45) is 1.67. The molecule has 1 aliphatic rings. The number of para-hydroxylation sites is 1. The molecule has 1 fully saturated rings. The van der Waals surface area contributed by atoms with Gasteiger partial charge in [-0.3, -0.25) is 0 Å². The number of hydrogen-bond donors (Lipinski definition) is 1. The molecule has 1 aliphatic heterocycles. The third-order valence-corrected chi connectivity index (χ3v) is 5.49. The molecule has 0 radical (unpaired) electrons. The van der Waals surface area contributed by atoms with Crippen LogP contribution < -0.4 is 5.73 Å². The number of nitrogens with two attached hydrogens (primary N) is 1. The van der Waals surface area contributed by atoms with Crippen LogP contribution in [0.15, 0.2) is 29.2 Å². The summed E-state index contributed by atoms with van der Waals surface area (Å²) in [5.41, 5.74) is 6.07. The van der Waals surface area contributed by atoms with Gasteiger partial charge in [0.15, 0.2) is 0 Å². The maximum absolute atomic E-state index is 12.5. The smallest absolute Gasteiger partial charge is 0.245 e. The third-order valence-electron chi connectivity index (χ3n) is 3.51. The Morgan fingerprint density at radius 1 is 1.32 bits per heavy atom. The number of sulfonamides is 1. The second-order valence-electron chi connectivity index (χ2n) is 4.84. The zero-order valence-corrected chi connectivity index (χ0v) is 11.9. The Labute approximate surface area is 114 Å². The van der Waals surface area contributed by atoms with E-state index >= 15 is 0 Å².